The van der Waals surface area contributed by atoms with E-state index in [1.165, 1.54) is 62.6 Å². The molecule has 0 N–H and O–H groups in total. The molecule has 2 unspecified atom stereocenters. The summed E-state index contributed by atoms with van der Waals surface area (Å²) in [5.41, 5.74) is 1.45. The molecule has 0 saturated heterocycles. The van der Waals surface area contributed by atoms with Crippen LogP contribution in [-0.2, 0) is 9.96 Å². The van der Waals surface area contributed by atoms with Crippen LogP contribution in [0.15, 0.2) is 30.3 Å². The lowest BCUT2D eigenvalue weighted by atomic mass is 10.0. The third-order valence-electron chi connectivity index (χ3n) is 5.62. The van der Waals surface area contributed by atoms with E-state index in [0.29, 0.717) is 0 Å². The third-order valence-corrected chi connectivity index (χ3v) is 11.3. The molecule has 0 fully saturated rings. The Labute approximate surface area is 152 Å². The van der Waals surface area contributed by atoms with Gasteiger partial charge in [0.25, 0.3) is 0 Å². The minimum absolute atomic E-state index is 0.0106. The van der Waals surface area contributed by atoms with Gasteiger partial charge in [0, 0.05) is 6.61 Å². The summed E-state index contributed by atoms with van der Waals surface area (Å²) in [6, 6.07) is 13.9. The summed E-state index contributed by atoms with van der Waals surface area (Å²) in [6.45, 7) is 12.6. The maximum absolute atomic E-state index is 6.74. The first-order valence-corrected chi connectivity index (χ1v) is 13.2. The first-order chi connectivity index (χ1) is 11.6. The Morgan fingerprint density at radius 2 is 1.50 bits per heavy atom. The zero-order valence-corrected chi connectivity index (χ0v) is 17.9. The van der Waals surface area contributed by atoms with Crippen molar-refractivity contribution in [2.45, 2.75) is 96.5 Å². The Balaban J connectivity index is 3.33. The van der Waals surface area contributed by atoms with Crippen molar-refractivity contribution in [2.75, 3.05) is 6.61 Å². The highest BCUT2D eigenvalue weighted by Crippen LogP contribution is 2.45. The molecule has 0 amide bonds. The summed E-state index contributed by atoms with van der Waals surface area (Å²) in [7, 11) is -1.58. The van der Waals surface area contributed by atoms with E-state index in [-0.39, 0.29) is 5.22 Å². The second kappa shape index (κ2) is 11.1. The van der Waals surface area contributed by atoms with Crippen LogP contribution in [-0.4, -0.2) is 14.7 Å². The van der Waals surface area contributed by atoms with Gasteiger partial charge in [0.1, 0.15) is 0 Å². The maximum Gasteiger partial charge on any atom is 0.0942 e. The summed E-state index contributed by atoms with van der Waals surface area (Å²) in [5.74, 6) is 0. The van der Waals surface area contributed by atoms with Crippen LogP contribution >= 0.6 is 0 Å². The second-order valence-corrected chi connectivity index (χ2v) is 12.4. The molecular formula is C22H40OSi. The highest BCUT2D eigenvalue weighted by Gasteiger charge is 2.50. The number of hydrogen-bond donors (Lipinski definition) is 0. The summed E-state index contributed by atoms with van der Waals surface area (Å²) in [6.07, 6.45) is 8.98. The van der Waals surface area contributed by atoms with Gasteiger partial charge in [0.15, 0.2) is 0 Å². The molecule has 1 aromatic rings. The molecule has 0 spiro atoms. The fraction of sp³-hybridized carbons (Fsp3) is 0.727. The minimum Gasteiger partial charge on any atom is -0.374 e. The van der Waals surface area contributed by atoms with Crippen LogP contribution in [0.4, 0.5) is 0 Å². The van der Waals surface area contributed by atoms with Gasteiger partial charge in [-0.05, 0) is 18.9 Å². The molecule has 1 aromatic carbocycles. The van der Waals surface area contributed by atoms with E-state index >= 15 is 0 Å². The highest BCUT2D eigenvalue weighted by molar-refractivity contribution is 6.81. The maximum atomic E-state index is 6.74. The van der Waals surface area contributed by atoms with E-state index in [1.807, 2.05) is 0 Å². The minimum atomic E-state index is -1.58. The predicted octanol–water partition coefficient (Wildman–Crippen LogP) is 7.33. The molecule has 0 bridgehead atoms. The quantitative estimate of drug-likeness (QED) is 0.268. The predicted molar refractivity (Wildman–Crippen MR) is 110 cm³/mol. The van der Waals surface area contributed by atoms with E-state index in [9.17, 15) is 0 Å². The van der Waals surface area contributed by atoms with E-state index in [4.69, 9.17) is 4.74 Å². The smallest absolute Gasteiger partial charge is 0.0942 e. The Kier molecular flexibility index (Phi) is 9.91. The molecule has 0 aliphatic carbocycles. The summed E-state index contributed by atoms with van der Waals surface area (Å²) >= 11 is 0. The Morgan fingerprint density at radius 3 is 2.04 bits per heavy atom. The van der Waals surface area contributed by atoms with E-state index in [1.54, 1.807) is 0 Å². The molecule has 0 radical (unpaired) electrons. The van der Waals surface area contributed by atoms with Gasteiger partial charge in [0.2, 0.25) is 0 Å². The standard InChI is InChI=1S/C22H40OSi/c1-6-10-15-18-22(23-9-4,21-16-13-12-14-17-21)24(5,19-8-3)20-11-7-2/h12-14,16-17H,6-11,15,18-20H2,1-5H3. The zero-order valence-electron chi connectivity index (χ0n) is 16.9. The van der Waals surface area contributed by atoms with Crippen molar-refractivity contribution in [1.82, 2.24) is 0 Å². The zero-order chi connectivity index (χ0) is 17.9. The van der Waals surface area contributed by atoms with Crippen LogP contribution in [0.5, 0.6) is 0 Å². The number of ether oxygens (including phenoxy) is 1. The number of benzene rings is 1. The van der Waals surface area contributed by atoms with Crippen LogP contribution in [0.3, 0.4) is 0 Å². The Morgan fingerprint density at radius 1 is 0.833 bits per heavy atom. The van der Waals surface area contributed by atoms with Crippen LogP contribution in [0.2, 0.25) is 18.6 Å². The van der Waals surface area contributed by atoms with Crippen LogP contribution in [0.25, 0.3) is 0 Å². The van der Waals surface area contributed by atoms with Gasteiger partial charge >= 0.3 is 0 Å². The first kappa shape index (κ1) is 21.4. The van der Waals surface area contributed by atoms with Crippen LogP contribution < -0.4 is 0 Å². The van der Waals surface area contributed by atoms with Gasteiger partial charge in [-0.15, -0.1) is 0 Å². The molecule has 1 nitrogen and oxygen atoms in total. The lowest BCUT2D eigenvalue weighted by Gasteiger charge is -2.48. The first-order valence-electron chi connectivity index (χ1n) is 10.3. The largest absolute Gasteiger partial charge is 0.374 e. The van der Waals surface area contributed by atoms with Crippen molar-refractivity contribution < 1.29 is 4.74 Å². The van der Waals surface area contributed by atoms with Gasteiger partial charge in [-0.2, -0.15) is 0 Å². The van der Waals surface area contributed by atoms with Gasteiger partial charge in [0.05, 0.1) is 13.3 Å². The Hall–Kier alpha value is -0.603. The van der Waals surface area contributed by atoms with E-state index in [2.05, 4.69) is 64.6 Å². The average molecular weight is 349 g/mol. The molecule has 0 aliphatic rings. The molecule has 2 atom stereocenters. The van der Waals surface area contributed by atoms with Gasteiger partial charge in [-0.25, -0.2) is 0 Å². The second-order valence-electron chi connectivity index (χ2n) is 7.50. The molecule has 138 valence electrons. The number of rotatable bonds is 13. The van der Waals surface area contributed by atoms with Crippen molar-refractivity contribution in [3.05, 3.63) is 35.9 Å². The van der Waals surface area contributed by atoms with Crippen LogP contribution in [0, 0.1) is 0 Å². The normalized spacial score (nSPS) is 16.5. The summed E-state index contributed by atoms with van der Waals surface area (Å²) in [5, 5.41) is -0.0106. The lowest BCUT2D eigenvalue weighted by Crippen LogP contribution is -2.55. The van der Waals surface area contributed by atoms with Crippen molar-refractivity contribution in [2.24, 2.45) is 0 Å². The molecule has 0 heterocycles. The SMILES string of the molecule is CCCCCC(OCC)(c1ccccc1)[Si](C)(CCC)CCCC. The molecular weight excluding hydrogens is 308 g/mol. The average Bonchev–Trinajstić information content (AvgIpc) is 2.60. The monoisotopic (exact) mass is 348 g/mol. The van der Waals surface area contributed by atoms with Crippen molar-refractivity contribution in [3.63, 3.8) is 0 Å². The van der Waals surface area contributed by atoms with Crippen molar-refractivity contribution in [1.29, 1.82) is 0 Å². The summed E-state index contributed by atoms with van der Waals surface area (Å²) in [4.78, 5) is 0. The topological polar surface area (TPSA) is 9.23 Å². The van der Waals surface area contributed by atoms with Crippen LogP contribution in [0.1, 0.15) is 78.2 Å². The number of unbranched alkanes of at least 4 members (excludes halogenated alkanes) is 3. The number of hydrogen-bond acceptors (Lipinski definition) is 1. The molecule has 24 heavy (non-hydrogen) atoms. The van der Waals surface area contributed by atoms with Crippen molar-refractivity contribution in [3.8, 4) is 0 Å². The fourth-order valence-corrected chi connectivity index (χ4v) is 9.78. The van der Waals surface area contributed by atoms with Gasteiger partial charge in [-0.1, -0.05) is 108 Å². The molecule has 0 aliphatic heterocycles. The molecule has 2 heteroatoms. The summed E-state index contributed by atoms with van der Waals surface area (Å²) < 4.78 is 6.74. The van der Waals surface area contributed by atoms with E-state index in [0.717, 1.165) is 6.61 Å². The third kappa shape index (κ3) is 5.19. The fourth-order valence-electron chi connectivity index (χ4n) is 4.35. The lowest BCUT2D eigenvalue weighted by molar-refractivity contribution is 0.00434. The van der Waals surface area contributed by atoms with Crippen molar-refractivity contribution >= 4 is 8.07 Å². The molecule has 0 saturated carbocycles. The van der Waals surface area contributed by atoms with Gasteiger partial charge < -0.3 is 4.74 Å². The Bertz CT molecular complexity index is 433. The van der Waals surface area contributed by atoms with E-state index < -0.39 is 8.07 Å². The molecule has 1 rings (SSSR count). The molecule has 0 aromatic heterocycles. The van der Waals surface area contributed by atoms with Gasteiger partial charge in [-0.3, -0.25) is 0 Å². The highest BCUT2D eigenvalue weighted by atomic mass is 28.3.